The molecule has 5 aliphatic rings. The van der Waals surface area contributed by atoms with E-state index >= 15 is 0 Å². The molecule has 4 bridgehead atoms. The molecule has 0 radical (unpaired) electrons. The molecule has 3 heteroatoms. The van der Waals surface area contributed by atoms with Gasteiger partial charge in [0.1, 0.15) is 6.04 Å². The third-order valence-electron chi connectivity index (χ3n) is 5.50. The van der Waals surface area contributed by atoms with Crippen molar-refractivity contribution in [2.75, 3.05) is 6.54 Å². The van der Waals surface area contributed by atoms with Gasteiger partial charge in [-0.3, -0.25) is 9.69 Å². The van der Waals surface area contributed by atoms with Crippen LogP contribution in [0.2, 0.25) is 0 Å². The predicted molar refractivity (Wildman–Crippen MR) is 59.0 cm³/mol. The lowest BCUT2D eigenvalue weighted by Gasteiger charge is -2.55. The topological polar surface area (TPSA) is 40.3 Å². The van der Waals surface area contributed by atoms with Crippen molar-refractivity contribution in [3.8, 4) is 0 Å². The summed E-state index contributed by atoms with van der Waals surface area (Å²) in [5.41, 5.74) is 0. The molecule has 1 saturated heterocycles. The summed E-state index contributed by atoms with van der Waals surface area (Å²) in [5, 5.41) is 9.04. The SMILES string of the molecule is O=C(O)C1CN1C1C2CC3CC(C2)CC1C3. The highest BCUT2D eigenvalue weighted by atomic mass is 16.4. The van der Waals surface area contributed by atoms with E-state index in [1.165, 1.54) is 32.1 Å². The Bertz CT molecular complexity index is 313. The first-order valence-electron chi connectivity index (χ1n) is 6.71. The van der Waals surface area contributed by atoms with Crippen molar-refractivity contribution in [2.24, 2.45) is 23.7 Å². The van der Waals surface area contributed by atoms with Crippen LogP contribution < -0.4 is 0 Å². The fourth-order valence-electron chi connectivity index (χ4n) is 5.14. The van der Waals surface area contributed by atoms with E-state index in [1.807, 2.05) is 0 Å². The van der Waals surface area contributed by atoms with Gasteiger partial charge in [0.2, 0.25) is 0 Å². The van der Waals surface area contributed by atoms with Crippen molar-refractivity contribution in [1.82, 2.24) is 4.90 Å². The molecule has 0 aromatic rings. The van der Waals surface area contributed by atoms with Gasteiger partial charge in [-0.25, -0.2) is 0 Å². The highest BCUT2D eigenvalue weighted by Gasteiger charge is 2.56. The number of nitrogens with zero attached hydrogens (tertiary/aromatic N) is 1. The first-order chi connectivity index (χ1) is 7.72. The number of hydrogen-bond acceptors (Lipinski definition) is 2. The van der Waals surface area contributed by atoms with Crippen molar-refractivity contribution in [3.05, 3.63) is 0 Å². The van der Waals surface area contributed by atoms with Crippen molar-refractivity contribution in [2.45, 2.75) is 44.2 Å². The molecular weight excluding hydrogens is 202 g/mol. The van der Waals surface area contributed by atoms with Gasteiger partial charge in [0.05, 0.1) is 0 Å². The van der Waals surface area contributed by atoms with Crippen molar-refractivity contribution >= 4 is 5.97 Å². The summed E-state index contributed by atoms with van der Waals surface area (Å²) in [6, 6.07) is 0.497. The molecule has 16 heavy (non-hydrogen) atoms. The average Bonchev–Trinajstić information content (AvgIpc) is 2.95. The van der Waals surface area contributed by atoms with Crippen LogP contribution in [0, 0.1) is 23.7 Å². The van der Waals surface area contributed by atoms with Crippen LogP contribution >= 0.6 is 0 Å². The molecule has 4 aliphatic carbocycles. The lowest BCUT2D eigenvalue weighted by molar-refractivity contribution is -0.138. The van der Waals surface area contributed by atoms with Crippen LogP contribution in [0.5, 0.6) is 0 Å². The third-order valence-corrected chi connectivity index (χ3v) is 5.50. The lowest BCUT2D eigenvalue weighted by Crippen LogP contribution is -2.52. The molecule has 5 fully saturated rings. The van der Waals surface area contributed by atoms with Gasteiger partial charge < -0.3 is 5.11 Å². The normalized spacial score (nSPS) is 57.6. The Hall–Kier alpha value is -0.570. The van der Waals surface area contributed by atoms with Gasteiger partial charge in [-0.2, -0.15) is 0 Å². The summed E-state index contributed by atoms with van der Waals surface area (Å²) in [6.45, 7) is 0.822. The van der Waals surface area contributed by atoms with Gasteiger partial charge in [-0.05, 0) is 55.8 Å². The Kier molecular flexibility index (Phi) is 1.78. The van der Waals surface area contributed by atoms with E-state index in [2.05, 4.69) is 4.90 Å². The number of carboxylic acid groups (broad SMARTS) is 1. The second-order valence-electron chi connectivity index (χ2n) is 6.47. The number of aliphatic carboxylic acids is 1. The monoisotopic (exact) mass is 221 g/mol. The van der Waals surface area contributed by atoms with Crippen molar-refractivity contribution < 1.29 is 9.90 Å². The highest BCUT2D eigenvalue weighted by molar-refractivity contribution is 5.77. The highest BCUT2D eigenvalue weighted by Crippen LogP contribution is 2.56. The zero-order chi connectivity index (χ0) is 10.9. The molecule has 3 nitrogen and oxygen atoms in total. The maximum Gasteiger partial charge on any atom is 0.322 e. The zero-order valence-electron chi connectivity index (χ0n) is 9.51. The first kappa shape index (κ1) is 9.46. The van der Waals surface area contributed by atoms with Crippen LogP contribution in [-0.4, -0.2) is 34.6 Å². The summed E-state index contributed by atoms with van der Waals surface area (Å²) in [4.78, 5) is 13.2. The molecule has 0 spiro atoms. The van der Waals surface area contributed by atoms with E-state index in [-0.39, 0.29) is 6.04 Å². The average molecular weight is 221 g/mol. The molecule has 0 amide bonds. The maximum atomic E-state index is 11.0. The summed E-state index contributed by atoms with van der Waals surface area (Å²) in [6.07, 6.45) is 7.03. The number of rotatable bonds is 2. The Morgan fingerprint density at radius 1 is 1.00 bits per heavy atom. The van der Waals surface area contributed by atoms with E-state index in [1.54, 1.807) is 0 Å². The molecule has 5 rings (SSSR count). The van der Waals surface area contributed by atoms with Crippen LogP contribution in [0.3, 0.4) is 0 Å². The number of carboxylic acids is 1. The van der Waals surface area contributed by atoms with E-state index < -0.39 is 5.97 Å². The van der Waals surface area contributed by atoms with E-state index in [4.69, 9.17) is 5.11 Å². The minimum atomic E-state index is -0.603. The number of hydrogen-bond donors (Lipinski definition) is 1. The Morgan fingerprint density at radius 3 is 2.00 bits per heavy atom. The van der Waals surface area contributed by atoms with Crippen LogP contribution in [0.1, 0.15) is 32.1 Å². The lowest BCUT2D eigenvalue weighted by atomic mass is 9.54. The van der Waals surface area contributed by atoms with Crippen molar-refractivity contribution in [3.63, 3.8) is 0 Å². The fourth-order valence-corrected chi connectivity index (χ4v) is 5.14. The Morgan fingerprint density at radius 2 is 1.56 bits per heavy atom. The second-order valence-corrected chi connectivity index (χ2v) is 6.47. The van der Waals surface area contributed by atoms with E-state index in [0.29, 0.717) is 6.04 Å². The van der Waals surface area contributed by atoms with Crippen LogP contribution in [0.4, 0.5) is 0 Å². The van der Waals surface area contributed by atoms with Gasteiger partial charge in [0.25, 0.3) is 0 Å². The van der Waals surface area contributed by atoms with E-state index in [9.17, 15) is 4.79 Å². The molecule has 2 atom stereocenters. The molecule has 0 aromatic carbocycles. The van der Waals surface area contributed by atoms with Gasteiger partial charge in [-0.15, -0.1) is 0 Å². The Labute approximate surface area is 95.8 Å². The molecule has 4 saturated carbocycles. The molecular formula is C13H19NO2. The van der Waals surface area contributed by atoms with Gasteiger partial charge >= 0.3 is 5.97 Å². The van der Waals surface area contributed by atoms with Gasteiger partial charge in [0.15, 0.2) is 0 Å². The summed E-state index contributed by atoms with van der Waals surface area (Å²) >= 11 is 0. The van der Waals surface area contributed by atoms with Gasteiger partial charge in [-0.1, -0.05) is 0 Å². The zero-order valence-corrected chi connectivity index (χ0v) is 9.51. The first-order valence-corrected chi connectivity index (χ1v) is 6.71. The predicted octanol–water partition coefficient (Wildman–Crippen LogP) is 1.58. The maximum absolute atomic E-state index is 11.0. The van der Waals surface area contributed by atoms with Crippen LogP contribution in [0.15, 0.2) is 0 Å². The molecule has 1 heterocycles. The molecule has 1 N–H and O–H groups in total. The molecule has 88 valence electrons. The van der Waals surface area contributed by atoms with Crippen LogP contribution in [-0.2, 0) is 4.79 Å². The van der Waals surface area contributed by atoms with Crippen LogP contribution in [0.25, 0.3) is 0 Å². The molecule has 0 aromatic heterocycles. The van der Waals surface area contributed by atoms with E-state index in [0.717, 1.165) is 30.2 Å². The smallest absolute Gasteiger partial charge is 0.322 e. The standard InChI is InChI=1S/C13H19NO2/c15-13(16)11-6-14(11)12-9-2-7-1-8(4-9)5-10(12)3-7/h7-12H,1-6H2,(H,15,16). The second kappa shape index (κ2) is 3.00. The molecule has 2 unspecified atom stereocenters. The number of carbonyl (C=O) groups is 1. The Balaban J connectivity index is 1.55. The molecule has 1 aliphatic heterocycles. The fraction of sp³-hybridized carbons (Fsp3) is 0.923. The summed E-state index contributed by atoms with van der Waals surface area (Å²) < 4.78 is 0. The summed E-state index contributed by atoms with van der Waals surface area (Å²) in [5.74, 6) is 3.04. The largest absolute Gasteiger partial charge is 0.480 e. The minimum absolute atomic E-state index is 0.137. The third kappa shape index (κ3) is 1.21. The summed E-state index contributed by atoms with van der Waals surface area (Å²) in [7, 11) is 0. The van der Waals surface area contributed by atoms with Crippen molar-refractivity contribution in [1.29, 1.82) is 0 Å². The quantitative estimate of drug-likeness (QED) is 0.720. The minimum Gasteiger partial charge on any atom is -0.480 e. The van der Waals surface area contributed by atoms with Gasteiger partial charge in [0, 0.05) is 12.6 Å².